The van der Waals surface area contributed by atoms with E-state index in [1.807, 2.05) is 18.4 Å². The molecular weight excluding hydrogens is 299 g/mol. The molecule has 0 amide bonds. The fraction of sp³-hybridized carbons (Fsp3) is 0.133. The molecule has 0 unspecified atom stereocenters. The van der Waals surface area contributed by atoms with Crippen LogP contribution in [0.3, 0.4) is 0 Å². The molecule has 0 aliphatic rings. The maximum Gasteiger partial charge on any atom is 0.200 e. The Bertz CT molecular complexity index is 614. The standard InChI is InChI=1S/C15H12ClFO2S/c1-20-12-5-2-10(3-6-12)15(18)9-19-11-4-7-13(16)14(17)8-11/h2-8H,9H2,1H3. The van der Waals surface area contributed by atoms with Gasteiger partial charge in [0.15, 0.2) is 12.4 Å². The topological polar surface area (TPSA) is 26.3 Å². The van der Waals surface area contributed by atoms with Gasteiger partial charge in [0.1, 0.15) is 11.6 Å². The van der Waals surface area contributed by atoms with Gasteiger partial charge in [0.05, 0.1) is 5.02 Å². The summed E-state index contributed by atoms with van der Waals surface area (Å²) in [5.41, 5.74) is 0.567. The molecule has 0 aromatic heterocycles. The van der Waals surface area contributed by atoms with Crippen molar-refractivity contribution in [2.24, 2.45) is 0 Å². The number of benzene rings is 2. The van der Waals surface area contributed by atoms with Crippen LogP contribution >= 0.6 is 23.4 Å². The van der Waals surface area contributed by atoms with E-state index in [9.17, 15) is 9.18 Å². The molecule has 0 atom stereocenters. The smallest absolute Gasteiger partial charge is 0.200 e. The minimum atomic E-state index is -0.569. The Labute approximate surface area is 125 Å². The van der Waals surface area contributed by atoms with E-state index in [2.05, 4.69) is 0 Å². The third-order valence-corrected chi connectivity index (χ3v) is 3.72. The number of hydrogen-bond acceptors (Lipinski definition) is 3. The molecule has 0 spiro atoms. The summed E-state index contributed by atoms with van der Waals surface area (Å²) in [5, 5.41) is 0.0244. The fourth-order valence-corrected chi connectivity index (χ4v) is 2.10. The van der Waals surface area contributed by atoms with Gasteiger partial charge < -0.3 is 4.74 Å². The summed E-state index contributed by atoms with van der Waals surface area (Å²) in [6.45, 7) is -0.139. The van der Waals surface area contributed by atoms with Gasteiger partial charge in [-0.2, -0.15) is 0 Å². The first-order valence-corrected chi connectivity index (χ1v) is 7.45. The van der Waals surface area contributed by atoms with Crippen molar-refractivity contribution in [1.29, 1.82) is 0 Å². The molecule has 0 radical (unpaired) electrons. The van der Waals surface area contributed by atoms with Gasteiger partial charge in [-0.15, -0.1) is 11.8 Å². The summed E-state index contributed by atoms with van der Waals surface area (Å²) in [5.74, 6) is -0.449. The zero-order chi connectivity index (χ0) is 14.5. The van der Waals surface area contributed by atoms with Crippen LogP contribution in [0.15, 0.2) is 47.4 Å². The lowest BCUT2D eigenvalue weighted by Gasteiger charge is -2.06. The second-order valence-electron chi connectivity index (χ2n) is 4.02. The van der Waals surface area contributed by atoms with E-state index in [4.69, 9.17) is 16.3 Å². The van der Waals surface area contributed by atoms with E-state index in [1.165, 1.54) is 12.1 Å². The molecule has 2 aromatic carbocycles. The molecule has 2 rings (SSSR count). The number of Topliss-reactive ketones (excluding diaryl/α,β-unsaturated/α-hetero) is 1. The zero-order valence-electron chi connectivity index (χ0n) is 10.7. The first kappa shape index (κ1) is 14.9. The van der Waals surface area contributed by atoms with E-state index in [1.54, 1.807) is 23.9 Å². The minimum Gasteiger partial charge on any atom is -0.485 e. The second-order valence-corrected chi connectivity index (χ2v) is 5.30. The third kappa shape index (κ3) is 3.74. The second kappa shape index (κ2) is 6.77. The largest absolute Gasteiger partial charge is 0.485 e. The Morgan fingerprint density at radius 3 is 2.55 bits per heavy atom. The maximum atomic E-state index is 13.2. The van der Waals surface area contributed by atoms with Crippen LogP contribution in [0, 0.1) is 5.82 Å². The SMILES string of the molecule is CSc1ccc(C(=O)COc2ccc(Cl)c(F)c2)cc1. The summed E-state index contributed by atoms with van der Waals surface area (Å²) in [4.78, 5) is 13.0. The number of hydrogen-bond donors (Lipinski definition) is 0. The van der Waals surface area contributed by atoms with Crippen molar-refractivity contribution in [3.05, 3.63) is 58.9 Å². The monoisotopic (exact) mass is 310 g/mol. The summed E-state index contributed by atoms with van der Waals surface area (Å²) in [7, 11) is 0. The Morgan fingerprint density at radius 2 is 1.95 bits per heavy atom. The van der Waals surface area contributed by atoms with Crippen LogP contribution in [0.25, 0.3) is 0 Å². The number of carbonyl (C=O) groups is 1. The molecular formula is C15H12ClFO2S. The number of thioether (sulfide) groups is 1. The van der Waals surface area contributed by atoms with Crippen LogP contribution in [0.4, 0.5) is 4.39 Å². The van der Waals surface area contributed by atoms with E-state index >= 15 is 0 Å². The predicted molar refractivity (Wildman–Crippen MR) is 79.5 cm³/mol. The van der Waals surface area contributed by atoms with Crippen LogP contribution in [-0.4, -0.2) is 18.6 Å². The Kier molecular flexibility index (Phi) is 5.04. The van der Waals surface area contributed by atoms with E-state index in [0.29, 0.717) is 5.56 Å². The number of ether oxygens (including phenoxy) is 1. The van der Waals surface area contributed by atoms with Gasteiger partial charge in [0.2, 0.25) is 0 Å². The highest BCUT2D eigenvalue weighted by Crippen LogP contribution is 2.20. The normalized spacial score (nSPS) is 10.3. The molecule has 0 fully saturated rings. The Morgan fingerprint density at radius 1 is 1.25 bits per heavy atom. The molecule has 104 valence electrons. The van der Waals surface area contributed by atoms with Crippen molar-refractivity contribution >= 4 is 29.1 Å². The van der Waals surface area contributed by atoms with Gasteiger partial charge in [-0.25, -0.2) is 4.39 Å². The average Bonchev–Trinajstić information content (AvgIpc) is 2.48. The van der Waals surface area contributed by atoms with Gasteiger partial charge in [0.25, 0.3) is 0 Å². The van der Waals surface area contributed by atoms with Gasteiger partial charge >= 0.3 is 0 Å². The molecule has 20 heavy (non-hydrogen) atoms. The fourth-order valence-electron chi connectivity index (χ4n) is 1.58. The van der Waals surface area contributed by atoms with Crippen molar-refractivity contribution in [2.75, 3.05) is 12.9 Å². The Balaban J connectivity index is 1.98. The van der Waals surface area contributed by atoms with Crippen molar-refractivity contribution in [3.63, 3.8) is 0 Å². The van der Waals surface area contributed by atoms with Crippen molar-refractivity contribution < 1.29 is 13.9 Å². The molecule has 0 aliphatic heterocycles. The molecule has 5 heteroatoms. The summed E-state index contributed by atoms with van der Waals surface area (Å²) < 4.78 is 18.5. The average molecular weight is 311 g/mol. The number of rotatable bonds is 5. The van der Waals surface area contributed by atoms with E-state index < -0.39 is 5.82 Å². The summed E-state index contributed by atoms with van der Waals surface area (Å²) in [6, 6.07) is 11.3. The molecule has 0 bridgehead atoms. The van der Waals surface area contributed by atoms with Crippen LogP contribution in [0.5, 0.6) is 5.75 Å². The summed E-state index contributed by atoms with van der Waals surface area (Å²) >= 11 is 7.17. The highest BCUT2D eigenvalue weighted by molar-refractivity contribution is 7.98. The highest BCUT2D eigenvalue weighted by atomic mass is 35.5. The van der Waals surface area contributed by atoms with Crippen LogP contribution in [-0.2, 0) is 0 Å². The van der Waals surface area contributed by atoms with E-state index in [-0.39, 0.29) is 23.2 Å². The lowest BCUT2D eigenvalue weighted by Crippen LogP contribution is -2.11. The van der Waals surface area contributed by atoms with Crippen molar-refractivity contribution in [3.8, 4) is 5.75 Å². The zero-order valence-corrected chi connectivity index (χ0v) is 12.3. The van der Waals surface area contributed by atoms with Gasteiger partial charge in [-0.1, -0.05) is 23.7 Å². The predicted octanol–water partition coefficient (Wildman–Crippen LogP) is 4.46. The molecule has 0 N–H and O–H groups in total. The lowest BCUT2D eigenvalue weighted by atomic mass is 10.1. The molecule has 2 aromatic rings. The Hall–Kier alpha value is -1.52. The first-order chi connectivity index (χ1) is 9.60. The highest BCUT2D eigenvalue weighted by Gasteiger charge is 2.08. The minimum absolute atomic E-state index is 0.0244. The van der Waals surface area contributed by atoms with Gasteiger partial charge in [-0.05, 0) is 30.5 Å². The van der Waals surface area contributed by atoms with Crippen LogP contribution in [0.2, 0.25) is 5.02 Å². The molecule has 0 heterocycles. The number of carbonyl (C=O) groups excluding carboxylic acids is 1. The quantitative estimate of drug-likeness (QED) is 0.602. The third-order valence-electron chi connectivity index (χ3n) is 2.67. The van der Waals surface area contributed by atoms with Gasteiger partial charge in [-0.3, -0.25) is 4.79 Å². The molecule has 0 saturated carbocycles. The first-order valence-electron chi connectivity index (χ1n) is 5.85. The van der Waals surface area contributed by atoms with Crippen molar-refractivity contribution in [2.45, 2.75) is 4.90 Å². The molecule has 0 aliphatic carbocycles. The lowest BCUT2D eigenvalue weighted by molar-refractivity contribution is 0.0921. The van der Waals surface area contributed by atoms with Gasteiger partial charge in [0, 0.05) is 16.5 Å². The number of halogens is 2. The maximum absolute atomic E-state index is 13.2. The number of ketones is 1. The van der Waals surface area contributed by atoms with Crippen LogP contribution < -0.4 is 4.74 Å². The van der Waals surface area contributed by atoms with Crippen LogP contribution in [0.1, 0.15) is 10.4 Å². The van der Waals surface area contributed by atoms with E-state index in [0.717, 1.165) is 11.0 Å². The summed E-state index contributed by atoms with van der Waals surface area (Å²) in [6.07, 6.45) is 1.97. The van der Waals surface area contributed by atoms with Crippen molar-refractivity contribution in [1.82, 2.24) is 0 Å². The molecule has 2 nitrogen and oxygen atoms in total. The molecule has 0 saturated heterocycles.